The van der Waals surface area contributed by atoms with E-state index in [2.05, 4.69) is 17.4 Å². The van der Waals surface area contributed by atoms with Gasteiger partial charge in [-0.3, -0.25) is 9.59 Å². The molecule has 2 saturated heterocycles. The van der Waals surface area contributed by atoms with Crippen LogP contribution in [0.2, 0.25) is 0 Å². The Bertz CT molecular complexity index is 923. The van der Waals surface area contributed by atoms with Gasteiger partial charge in [0, 0.05) is 25.3 Å². The molecule has 2 aliphatic rings. The number of benzene rings is 2. The van der Waals surface area contributed by atoms with Gasteiger partial charge < -0.3 is 20.2 Å². The topological polar surface area (TPSA) is 90.0 Å². The number of carbonyl (C=O) groups excluding carboxylic acids is 2. The smallest absolute Gasteiger partial charge is 0.322 e. The molecule has 0 aliphatic carbocycles. The van der Waals surface area contributed by atoms with E-state index in [0.29, 0.717) is 31.6 Å². The van der Waals surface area contributed by atoms with Gasteiger partial charge >= 0.3 is 6.03 Å². The van der Waals surface area contributed by atoms with Crippen molar-refractivity contribution < 1.29 is 23.9 Å². The van der Waals surface area contributed by atoms with E-state index in [4.69, 9.17) is 9.90 Å². The Kier molecular flexibility index (Phi) is 7.81. The van der Waals surface area contributed by atoms with Gasteiger partial charge in [0.25, 0.3) is 6.47 Å². The van der Waals surface area contributed by atoms with E-state index in [1.807, 2.05) is 23.1 Å². The van der Waals surface area contributed by atoms with Crippen LogP contribution in [0.15, 0.2) is 54.6 Å². The second kappa shape index (κ2) is 10.7. The number of anilines is 1. The number of piperidine rings is 1. The van der Waals surface area contributed by atoms with Gasteiger partial charge in [0.2, 0.25) is 5.91 Å². The van der Waals surface area contributed by atoms with E-state index in [1.165, 1.54) is 29.8 Å². The molecule has 2 aliphatic heterocycles. The summed E-state index contributed by atoms with van der Waals surface area (Å²) in [7, 11) is 0. The molecule has 2 aromatic carbocycles. The number of nitrogens with zero attached hydrogens (tertiary/aromatic N) is 2. The summed E-state index contributed by atoms with van der Waals surface area (Å²) >= 11 is 0. The van der Waals surface area contributed by atoms with E-state index in [9.17, 15) is 14.0 Å². The number of amides is 3. The second-order valence-corrected chi connectivity index (χ2v) is 7.96. The molecular formula is C24H28FN3O4. The summed E-state index contributed by atoms with van der Waals surface area (Å²) in [6.07, 6.45) is 3.91. The van der Waals surface area contributed by atoms with Crippen LogP contribution in [0.1, 0.15) is 31.2 Å². The van der Waals surface area contributed by atoms with Crippen LogP contribution in [-0.2, 0) is 16.0 Å². The Morgan fingerprint density at radius 3 is 2.34 bits per heavy atom. The van der Waals surface area contributed by atoms with Crippen LogP contribution in [0, 0.1) is 5.82 Å². The zero-order valence-electron chi connectivity index (χ0n) is 17.9. The molecular weight excluding hydrogens is 413 g/mol. The molecule has 0 aromatic heterocycles. The van der Waals surface area contributed by atoms with E-state index < -0.39 is 5.54 Å². The summed E-state index contributed by atoms with van der Waals surface area (Å²) in [4.78, 5) is 38.4. The highest BCUT2D eigenvalue weighted by molar-refractivity contribution is 5.97. The van der Waals surface area contributed by atoms with Crippen molar-refractivity contribution >= 4 is 24.1 Å². The predicted molar refractivity (Wildman–Crippen MR) is 119 cm³/mol. The third kappa shape index (κ3) is 5.25. The highest BCUT2D eigenvalue weighted by atomic mass is 19.1. The molecule has 2 N–H and O–H groups in total. The Hall–Kier alpha value is -3.42. The molecule has 2 fully saturated rings. The molecule has 1 unspecified atom stereocenters. The molecule has 0 bridgehead atoms. The maximum atomic E-state index is 13.4. The number of hydrogen-bond acceptors (Lipinski definition) is 3. The standard InChI is InChI=1S/C23H26FN3O2.CH2O2/c24-19-8-10-20(11-9-19)25-22(29)27-16-5-14-23(27)13-4-15-26(21(23)28)17-12-18-6-2-1-3-7-18;2-1-3/h1-3,6-11H,4-5,12-17H2,(H,25,29);1H,(H,2,3). The maximum absolute atomic E-state index is 13.4. The summed E-state index contributed by atoms with van der Waals surface area (Å²) in [5.74, 6) is -0.288. The largest absolute Gasteiger partial charge is 0.483 e. The minimum Gasteiger partial charge on any atom is -0.483 e. The first-order chi connectivity index (χ1) is 15.5. The van der Waals surface area contributed by atoms with Crippen LogP contribution < -0.4 is 5.32 Å². The lowest BCUT2D eigenvalue weighted by Crippen LogP contribution is -2.62. The lowest BCUT2D eigenvalue weighted by molar-refractivity contribution is -0.145. The molecule has 2 heterocycles. The fourth-order valence-electron chi connectivity index (χ4n) is 4.57. The number of likely N-dealkylation sites (tertiary alicyclic amines) is 2. The lowest BCUT2D eigenvalue weighted by Gasteiger charge is -2.44. The monoisotopic (exact) mass is 441 g/mol. The molecule has 8 heteroatoms. The van der Waals surface area contributed by atoms with E-state index in [1.54, 1.807) is 4.90 Å². The summed E-state index contributed by atoms with van der Waals surface area (Å²) in [5.41, 5.74) is 0.985. The number of carboxylic acid groups (broad SMARTS) is 1. The number of urea groups is 1. The molecule has 7 nitrogen and oxygen atoms in total. The Morgan fingerprint density at radius 2 is 1.69 bits per heavy atom. The predicted octanol–water partition coefficient (Wildman–Crippen LogP) is 3.76. The molecule has 4 rings (SSSR count). The van der Waals surface area contributed by atoms with Crippen molar-refractivity contribution in [3.05, 3.63) is 66.0 Å². The van der Waals surface area contributed by atoms with E-state index in [0.717, 1.165) is 25.8 Å². The van der Waals surface area contributed by atoms with Gasteiger partial charge in [-0.1, -0.05) is 30.3 Å². The van der Waals surface area contributed by atoms with Crippen LogP contribution >= 0.6 is 0 Å². The SMILES string of the molecule is O=C(Nc1ccc(F)cc1)N1CCCC12CCCN(CCc1ccccc1)C2=O.O=CO. The zero-order chi connectivity index (χ0) is 23.0. The molecule has 3 amide bonds. The third-order valence-corrected chi connectivity index (χ3v) is 6.05. The number of halogens is 1. The minimum absolute atomic E-state index is 0.0615. The van der Waals surface area contributed by atoms with Crippen molar-refractivity contribution in [2.24, 2.45) is 0 Å². The van der Waals surface area contributed by atoms with E-state index >= 15 is 0 Å². The minimum atomic E-state index is -0.751. The van der Waals surface area contributed by atoms with Gasteiger partial charge in [0.1, 0.15) is 11.4 Å². The Balaban J connectivity index is 0.000000913. The molecule has 170 valence electrons. The van der Waals surface area contributed by atoms with Gasteiger partial charge in [-0.05, 0) is 61.9 Å². The molecule has 2 aromatic rings. The third-order valence-electron chi connectivity index (χ3n) is 6.05. The molecule has 0 radical (unpaired) electrons. The summed E-state index contributed by atoms with van der Waals surface area (Å²) < 4.78 is 13.1. The fourth-order valence-corrected chi connectivity index (χ4v) is 4.57. The maximum Gasteiger partial charge on any atom is 0.322 e. The van der Waals surface area contributed by atoms with Gasteiger partial charge in [-0.15, -0.1) is 0 Å². The number of carbonyl (C=O) groups is 3. The first kappa shape index (κ1) is 23.2. The average Bonchev–Trinajstić information content (AvgIpc) is 3.22. The van der Waals surface area contributed by atoms with Gasteiger partial charge in [0.05, 0.1) is 0 Å². The van der Waals surface area contributed by atoms with Crippen molar-refractivity contribution in [3.63, 3.8) is 0 Å². The summed E-state index contributed by atoms with van der Waals surface area (Å²) in [6, 6.07) is 15.5. The van der Waals surface area contributed by atoms with Crippen LogP contribution in [0.5, 0.6) is 0 Å². The fraction of sp³-hybridized carbons (Fsp3) is 0.375. The second-order valence-electron chi connectivity index (χ2n) is 7.96. The summed E-state index contributed by atoms with van der Waals surface area (Å²) in [5, 5.41) is 9.71. The van der Waals surface area contributed by atoms with Gasteiger partial charge in [-0.2, -0.15) is 0 Å². The first-order valence-electron chi connectivity index (χ1n) is 10.8. The van der Waals surface area contributed by atoms with Crippen molar-refractivity contribution in [2.75, 3.05) is 25.0 Å². The Labute approximate surface area is 186 Å². The van der Waals surface area contributed by atoms with Gasteiger partial charge in [-0.25, -0.2) is 9.18 Å². The quantitative estimate of drug-likeness (QED) is 0.707. The molecule has 1 spiro atoms. The zero-order valence-corrected chi connectivity index (χ0v) is 17.9. The molecule has 32 heavy (non-hydrogen) atoms. The summed E-state index contributed by atoms with van der Waals surface area (Å²) in [6.45, 7) is 1.71. The van der Waals surface area contributed by atoms with Crippen molar-refractivity contribution in [3.8, 4) is 0 Å². The van der Waals surface area contributed by atoms with E-state index in [-0.39, 0.29) is 24.2 Å². The normalized spacial score (nSPS) is 20.0. The highest BCUT2D eigenvalue weighted by Crippen LogP contribution is 2.38. The number of rotatable bonds is 4. The average molecular weight is 442 g/mol. The van der Waals surface area contributed by atoms with Crippen molar-refractivity contribution in [1.82, 2.24) is 9.80 Å². The lowest BCUT2D eigenvalue weighted by atomic mass is 9.85. The molecule has 1 atom stereocenters. The number of hydrogen-bond donors (Lipinski definition) is 2. The van der Waals surface area contributed by atoms with Crippen LogP contribution in [-0.4, -0.2) is 58.5 Å². The number of nitrogens with one attached hydrogen (secondary N) is 1. The highest BCUT2D eigenvalue weighted by Gasteiger charge is 2.52. The van der Waals surface area contributed by atoms with Crippen LogP contribution in [0.25, 0.3) is 0 Å². The first-order valence-corrected chi connectivity index (χ1v) is 10.8. The molecule has 0 saturated carbocycles. The van der Waals surface area contributed by atoms with Gasteiger partial charge in [0.15, 0.2) is 0 Å². The van der Waals surface area contributed by atoms with Crippen LogP contribution in [0.4, 0.5) is 14.9 Å². The van der Waals surface area contributed by atoms with Crippen molar-refractivity contribution in [1.29, 1.82) is 0 Å². The Morgan fingerprint density at radius 1 is 1.06 bits per heavy atom. The van der Waals surface area contributed by atoms with Crippen molar-refractivity contribution in [2.45, 2.75) is 37.6 Å². The van der Waals surface area contributed by atoms with Crippen LogP contribution in [0.3, 0.4) is 0 Å².